The van der Waals surface area contributed by atoms with Crippen LogP contribution in [0.3, 0.4) is 0 Å². The lowest BCUT2D eigenvalue weighted by Crippen LogP contribution is -2.49. The summed E-state index contributed by atoms with van der Waals surface area (Å²) in [6, 6.07) is 9.51. The third kappa shape index (κ3) is 4.27. The number of thioether (sulfide) groups is 1. The summed E-state index contributed by atoms with van der Waals surface area (Å²) >= 11 is 1.67. The molecule has 2 amide bonds. The Hall–Kier alpha value is -2.28. The molecule has 0 saturated carbocycles. The Morgan fingerprint density at radius 2 is 2.12 bits per heavy atom. The highest BCUT2D eigenvalue weighted by molar-refractivity contribution is 7.98. The monoisotopic (exact) mass is 372 g/mol. The number of H-pyrrole nitrogens is 1. The molecule has 26 heavy (non-hydrogen) atoms. The number of carbonyl (C=O) groups excluding carboxylic acids is 2. The van der Waals surface area contributed by atoms with Gasteiger partial charge in [-0.15, -0.1) is 0 Å². The maximum Gasteiger partial charge on any atom is 0.245 e. The van der Waals surface area contributed by atoms with E-state index < -0.39 is 6.04 Å². The first-order chi connectivity index (χ1) is 12.6. The summed E-state index contributed by atoms with van der Waals surface area (Å²) in [7, 11) is 0. The maximum absolute atomic E-state index is 12.9. The van der Waals surface area contributed by atoms with Crippen LogP contribution in [0.25, 0.3) is 11.4 Å². The lowest BCUT2D eigenvalue weighted by atomic mass is 10.1. The van der Waals surface area contributed by atoms with Gasteiger partial charge in [0.05, 0.1) is 17.9 Å². The number of amides is 2. The summed E-state index contributed by atoms with van der Waals surface area (Å²) in [5.41, 5.74) is 3.04. The summed E-state index contributed by atoms with van der Waals surface area (Å²) in [5, 5.41) is 2.80. The second-order valence-electron chi connectivity index (χ2n) is 6.42. The minimum atomic E-state index is -0.460. The van der Waals surface area contributed by atoms with Gasteiger partial charge in [-0.1, -0.05) is 30.3 Å². The van der Waals surface area contributed by atoms with Gasteiger partial charge in [-0.05, 0) is 18.4 Å². The molecule has 1 aliphatic rings. The SMILES string of the molecule is CSCC[C@H](NC(C)=O)C(=O)N1CCc2nc(-c3ccccc3)[nH]c2C1. The van der Waals surface area contributed by atoms with Gasteiger partial charge in [0.15, 0.2) is 0 Å². The van der Waals surface area contributed by atoms with E-state index in [4.69, 9.17) is 4.98 Å². The van der Waals surface area contributed by atoms with Crippen LogP contribution >= 0.6 is 11.8 Å². The zero-order valence-corrected chi connectivity index (χ0v) is 15.9. The van der Waals surface area contributed by atoms with Gasteiger partial charge < -0.3 is 15.2 Å². The number of aromatic nitrogens is 2. The molecule has 7 heteroatoms. The van der Waals surface area contributed by atoms with Crippen molar-refractivity contribution in [1.82, 2.24) is 20.2 Å². The molecular weight excluding hydrogens is 348 g/mol. The fourth-order valence-electron chi connectivity index (χ4n) is 3.17. The van der Waals surface area contributed by atoms with Crippen LogP contribution in [0.4, 0.5) is 0 Å². The van der Waals surface area contributed by atoms with Crippen LogP contribution in [-0.4, -0.2) is 51.3 Å². The third-order valence-electron chi connectivity index (χ3n) is 4.48. The number of fused-ring (bicyclic) bond motifs is 1. The molecule has 0 aliphatic carbocycles. The normalized spacial score (nSPS) is 14.6. The predicted molar refractivity (Wildman–Crippen MR) is 104 cm³/mol. The van der Waals surface area contributed by atoms with E-state index in [1.807, 2.05) is 41.5 Å². The molecule has 1 aromatic heterocycles. The molecule has 0 fully saturated rings. The van der Waals surface area contributed by atoms with Crippen LogP contribution in [0.1, 0.15) is 24.7 Å². The Labute approximate surface area is 157 Å². The largest absolute Gasteiger partial charge is 0.345 e. The summed E-state index contributed by atoms with van der Waals surface area (Å²) in [6.07, 6.45) is 3.36. The van der Waals surface area contributed by atoms with Crippen LogP contribution in [0, 0.1) is 0 Å². The number of aromatic amines is 1. The fraction of sp³-hybridized carbons (Fsp3) is 0.421. The van der Waals surface area contributed by atoms with Gasteiger partial charge in [0.1, 0.15) is 11.9 Å². The van der Waals surface area contributed by atoms with Gasteiger partial charge >= 0.3 is 0 Å². The van der Waals surface area contributed by atoms with Crippen molar-refractivity contribution in [3.63, 3.8) is 0 Å². The number of carbonyl (C=O) groups is 2. The van der Waals surface area contributed by atoms with E-state index >= 15 is 0 Å². The van der Waals surface area contributed by atoms with E-state index in [0.717, 1.165) is 34.9 Å². The van der Waals surface area contributed by atoms with Crippen molar-refractivity contribution in [2.24, 2.45) is 0 Å². The van der Waals surface area contributed by atoms with Crippen LogP contribution in [0.5, 0.6) is 0 Å². The number of nitrogens with zero attached hydrogens (tertiary/aromatic N) is 2. The Morgan fingerprint density at radius 1 is 1.35 bits per heavy atom. The molecule has 1 aromatic carbocycles. The number of rotatable bonds is 6. The first-order valence-electron chi connectivity index (χ1n) is 8.76. The van der Waals surface area contributed by atoms with Crippen molar-refractivity contribution in [3.8, 4) is 11.4 Å². The number of hydrogen-bond donors (Lipinski definition) is 2. The Kier molecular flexibility index (Phi) is 5.98. The van der Waals surface area contributed by atoms with E-state index in [2.05, 4.69) is 10.3 Å². The number of imidazole rings is 1. The van der Waals surface area contributed by atoms with Crippen LogP contribution < -0.4 is 5.32 Å². The van der Waals surface area contributed by atoms with E-state index in [1.165, 1.54) is 6.92 Å². The molecule has 2 aromatic rings. The average molecular weight is 372 g/mol. The predicted octanol–water partition coefficient (Wildman–Crippen LogP) is 2.22. The first kappa shape index (κ1) is 18.5. The van der Waals surface area contributed by atoms with Crippen molar-refractivity contribution in [2.45, 2.75) is 32.4 Å². The van der Waals surface area contributed by atoms with Crippen molar-refractivity contribution < 1.29 is 9.59 Å². The lowest BCUT2D eigenvalue weighted by Gasteiger charge is -2.30. The molecule has 3 rings (SSSR count). The van der Waals surface area contributed by atoms with E-state index in [9.17, 15) is 9.59 Å². The molecule has 0 unspecified atom stereocenters. The molecule has 2 heterocycles. The molecule has 1 atom stereocenters. The number of nitrogens with one attached hydrogen (secondary N) is 2. The molecule has 0 saturated heterocycles. The molecule has 0 bridgehead atoms. The second kappa shape index (κ2) is 8.40. The standard InChI is InChI=1S/C19H24N4O2S/c1-13(24)20-16(9-11-26-2)19(25)23-10-8-15-17(12-23)22-18(21-15)14-6-4-3-5-7-14/h3-7,16H,8-12H2,1-2H3,(H,20,24)(H,21,22)/t16-/m0/s1. The topological polar surface area (TPSA) is 78.1 Å². The van der Waals surface area contributed by atoms with E-state index in [-0.39, 0.29) is 11.8 Å². The smallest absolute Gasteiger partial charge is 0.245 e. The summed E-state index contributed by atoms with van der Waals surface area (Å²) in [4.78, 5) is 34.2. The molecule has 6 nitrogen and oxygen atoms in total. The summed E-state index contributed by atoms with van der Waals surface area (Å²) < 4.78 is 0. The molecular formula is C19H24N4O2S. The van der Waals surface area contributed by atoms with Gasteiger partial charge in [-0.3, -0.25) is 9.59 Å². The molecule has 0 spiro atoms. The van der Waals surface area contributed by atoms with Crippen LogP contribution in [0.2, 0.25) is 0 Å². The van der Waals surface area contributed by atoms with Crippen LogP contribution in [0.15, 0.2) is 30.3 Å². The summed E-state index contributed by atoms with van der Waals surface area (Å²) in [6.45, 7) is 2.58. The van der Waals surface area contributed by atoms with Crippen molar-refractivity contribution >= 4 is 23.6 Å². The van der Waals surface area contributed by atoms with Gasteiger partial charge in [-0.2, -0.15) is 11.8 Å². The lowest BCUT2D eigenvalue weighted by molar-refractivity contribution is -0.137. The van der Waals surface area contributed by atoms with Gasteiger partial charge in [0, 0.05) is 25.5 Å². The molecule has 0 radical (unpaired) electrons. The maximum atomic E-state index is 12.9. The van der Waals surface area contributed by atoms with Crippen molar-refractivity contribution in [1.29, 1.82) is 0 Å². The highest BCUT2D eigenvalue weighted by atomic mass is 32.2. The van der Waals surface area contributed by atoms with Crippen molar-refractivity contribution in [3.05, 3.63) is 41.7 Å². The zero-order valence-electron chi connectivity index (χ0n) is 15.1. The Balaban J connectivity index is 1.73. The van der Waals surface area contributed by atoms with Gasteiger partial charge in [-0.25, -0.2) is 4.98 Å². The fourth-order valence-corrected chi connectivity index (χ4v) is 3.64. The highest BCUT2D eigenvalue weighted by Gasteiger charge is 2.29. The Morgan fingerprint density at radius 3 is 2.81 bits per heavy atom. The van der Waals surface area contributed by atoms with Gasteiger partial charge in [0.25, 0.3) is 0 Å². The number of hydrogen-bond acceptors (Lipinski definition) is 4. The zero-order chi connectivity index (χ0) is 18.5. The van der Waals surface area contributed by atoms with E-state index in [1.54, 1.807) is 11.8 Å². The van der Waals surface area contributed by atoms with Crippen molar-refractivity contribution in [2.75, 3.05) is 18.6 Å². The third-order valence-corrected chi connectivity index (χ3v) is 5.12. The quantitative estimate of drug-likeness (QED) is 0.815. The number of benzene rings is 1. The minimum absolute atomic E-state index is 0.0178. The molecule has 1 aliphatic heterocycles. The highest BCUT2D eigenvalue weighted by Crippen LogP contribution is 2.23. The second-order valence-corrected chi connectivity index (χ2v) is 7.41. The summed E-state index contributed by atoms with van der Waals surface area (Å²) in [5.74, 6) is 1.48. The molecule has 138 valence electrons. The molecule has 2 N–H and O–H groups in total. The van der Waals surface area contributed by atoms with Crippen LogP contribution in [-0.2, 0) is 22.6 Å². The van der Waals surface area contributed by atoms with E-state index in [0.29, 0.717) is 19.5 Å². The Bertz CT molecular complexity index is 775. The first-order valence-corrected chi connectivity index (χ1v) is 10.2. The minimum Gasteiger partial charge on any atom is -0.345 e. The average Bonchev–Trinajstić information content (AvgIpc) is 3.08. The van der Waals surface area contributed by atoms with Gasteiger partial charge in [0.2, 0.25) is 11.8 Å².